The summed E-state index contributed by atoms with van der Waals surface area (Å²) in [7, 11) is 4.74. The highest BCUT2D eigenvalue weighted by atomic mass is 16.5. The van der Waals surface area contributed by atoms with Gasteiger partial charge in [-0.1, -0.05) is 12.1 Å². The highest BCUT2D eigenvalue weighted by Crippen LogP contribution is 2.44. The predicted octanol–water partition coefficient (Wildman–Crippen LogP) is 4.03. The molecule has 0 saturated carbocycles. The highest BCUT2D eigenvalue weighted by Gasteiger charge is 2.41. The number of hydrogen-bond acceptors (Lipinski definition) is 6. The fourth-order valence-electron chi connectivity index (χ4n) is 3.81. The molecule has 1 aliphatic carbocycles. The predicted molar refractivity (Wildman–Crippen MR) is 113 cm³/mol. The molecule has 0 spiro atoms. The molecule has 3 rings (SSSR count). The number of carbonyl (C=O) groups excluding carboxylic acids is 2. The minimum Gasteiger partial charge on any atom is -0.497 e. The molecule has 0 aliphatic heterocycles. The first-order chi connectivity index (χ1) is 14.5. The number of ketones is 1. The standard InChI is InChI=1S/C24H26O6/c1-5-30-24(26)23-20(19-14-18(28-3)10-11-22(19)29-4)12-16(13-21(23)25)15-6-8-17(27-2)9-7-15/h6-11,13-14,20,23H,5,12H2,1-4H3/t20-,23+/m1/s1. The molecule has 6 nitrogen and oxygen atoms in total. The number of hydrogen-bond donors (Lipinski definition) is 0. The van der Waals surface area contributed by atoms with Crippen molar-refractivity contribution in [3.63, 3.8) is 0 Å². The molecular formula is C24H26O6. The third-order valence-corrected chi connectivity index (χ3v) is 5.30. The maximum Gasteiger partial charge on any atom is 0.317 e. The first kappa shape index (κ1) is 21.4. The summed E-state index contributed by atoms with van der Waals surface area (Å²) in [6.45, 7) is 1.94. The SMILES string of the molecule is CCOC(=O)[C@@H]1C(=O)C=C(c2ccc(OC)cc2)C[C@@H]1c1cc(OC)ccc1OC. The summed E-state index contributed by atoms with van der Waals surface area (Å²) in [6, 6.07) is 12.9. The number of benzene rings is 2. The van der Waals surface area contributed by atoms with Gasteiger partial charge in [-0.2, -0.15) is 0 Å². The lowest BCUT2D eigenvalue weighted by atomic mass is 9.73. The zero-order valence-corrected chi connectivity index (χ0v) is 17.6. The van der Waals surface area contributed by atoms with E-state index in [1.807, 2.05) is 30.3 Å². The van der Waals surface area contributed by atoms with Crippen molar-refractivity contribution in [2.24, 2.45) is 5.92 Å². The summed E-state index contributed by atoms with van der Waals surface area (Å²) in [4.78, 5) is 25.8. The molecule has 0 heterocycles. The number of rotatable bonds is 7. The molecular weight excluding hydrogens is 384 g/mol. The van der Waals surface area contributed by atoms with Gasteiger partial charge in [-0.15, -0.1) is 0 Å². The van der Waals surface area contributed by atoms with E-state index in [1.165, 1.54) is 0 Å². The summed E-state index contributed by atoms with van der Waals surface area (Å²) in [6.07, 6.45) is 2.03. The van der Waals surface area contributed by atoms with Gasteiger partial charge in [-0.25, -0.2) is 0 Å². The van der Waals surface area contributed by atoms with Gasteiger partial charge in [0.05, 0.1) is 27.9 Å². The first-order valence-electron chi connectivity index (χ1n) is 9.79. The third-order valence-electron chi connectivity index (χ3n) is 5.30. The molecule has 0 aromatic heterocycles. The lowest BCUT2D eigenvalue weighted by Gasteiger charge is -2.30. The summed E-state index contributed by atoms with van der Waals surface area (Å²) >= 11 is 0. The highest BCUT2D eigenvalue weighted by molar-refractivity contribution is 6.10. The Morgan fingerprint density at radius 2 is 1.63 bits per heavy atom. The zero-order chi connectivity index (χ0) is 21.7. The van der Waals surface area contributed by atoms with Crippen molar-refractivity contribution in [1.82, 2.24) is 0 Å². The van der Waals surface area contributed by atoms with Gasteiger partial charge in [0.15, 0.2) is 5.78 Å². The molecule has 1 aliphatic rings. The fraction of sp³-hybridized carbons (Fsp3) is 0.333. The van der Waals surface area contributed by atoms with E-state index in [9.17, 15) is 9.59 Å². The topological polar surface area (TPSA) is 71.1 Å². The quantitative estimate of drug-likeness (QED) is 0.507. The van der Waals surface area contributed by atoms with Crippen molar-refractivity contribution in [2.75, 3.05) is 27.9 Å². The molecule has 0 N–H and O–H groups in total. The summed E-state index contributed by atoms with van der Waals surface area (Å²) in [5.74, 6) is -0.225. The van der Waals surface area contributed by atoms with Crippen LogP contribution in [0.1, 0.15) is 30.4 Å². The molecule has 6 heteroatoms. The Balaban J connectivity index is 2.08. The fourth-order valence-corrected chi connectivity index (χ4v) is 3.81. The Labute approximate surface area is 176 Å². The molecule has 0 unspecified atom stereocenters. The van der Waals surface area contributed by atoms with E-state index in [2.05, 4.69) is 0 Å². The van der Waals surface area contributed by atoms with Crippen molar-refractivity contribution >= 4 is 17.3 Å². The van der Waals surface area contributed by atoms with E-state index in [-0.39, 0.29) is 12.4 Å². The van der Waals surface area contributed by atoms with Gasteiger partial charge < -0.3 is 18.9 Å². The van der Waals surface area contributed by atoms with Crippen LogP contribution < -0.4 is 14.2 Å². The van der Waals surface area contributed by atoms with Gasteiger partial charge in [0.1, 0.15) is 23.2 Å². The van der Waals surface area contributed by atoms with Gasteiger partial charge in [0.2, 0.25) is 0 Å². The van der Waals surface area contributed by atoms with Crippen LogP contribution in [0.15, 0.2) is 48.5 Å². The molecule has 2 aromatic carbocycles. The summed E-state index contributed by atoms with van der Waals surface area (Å²) in [5.41, 5.74) is 2.48. The van der Waals surface area contributed by atoms with Crippen LogP contribution in [0.3, 0.4) is 0 Å². The van der Waals surface area contributed by atoms with Crippen LogP contribution in [0.2, 0.25) is 0 Å². The average molecular weight is 410 g/mol. The molecule has 0 amide bonds. The van der Waals surface area contributed by atoms with Crippen LogP contribution in [0, 0.1) is 5.92 Å². The lowest BCUT2D eigenvalue weighted by molar-refractivity contribution is -0.151. The zero-order valence-electron chi connectivity index (χ0n) is 17.6. The second-order valence-corrected chi connectivity index (χ2v) is 6.95. The van der Waals surface area contributed by atoms with Crippen LogP contribution in [0.5, 0.6) is 17.2 Å². The van der Waals surface area contributed by atoms with Crippen LogP contribution in [-0.2, 0) is 14.3 Å². The van der Waals surface area contributed by atoms with E-state index in [4.69, 9.17) is 18.9 Å². The van der Waals surface area contributed by atoms with Gasteiger partial charge in [-0.05, 0) is 60.9 Å². The Kier molecular flexibility index (Phi) is 6.77. The van der Waals surface area contributed by atoms with Crippen LogP contribution >= 0.6 is 0 Å². The lowest BCUT2D eigenvalue weighted by Crippen LogP contribution is -2.34. The van der Waals surface area contributed by atoms with E-state index < -0.39 is 17.8 Å². The molecule has 0 fully saturated rings. The normalized spacial score (nSPS) is 18.4. The van der Waals surface area contributed by atoms with Crippen LogP contribution in [0.4, 0.5) is 0 Å². The Morgan fingerprint density at radius 1 is 0.967 bits per heavy atom. The van der Waals surface area contributed by atoms with E-state index >= 15 is 0 Å². The molecule has 0 saturated heterocycles. The molecule has 30 heavy (non-hydrogen) atoms. The van der Waals surface area contributed by atoms with Crippen molar-refractivity contribution in [1.29, 1.82) is 0 Å². The number of methoxy groups -OCH3 is 3. The maximum absolute atomic E-state index is 13.1. The third kappa shape index (κ3) is 4.32. The molecule has 2 atom stereocenters. The van der Waals surface area contributed by atoms with Gasteiger partial charge in [0.25, 0.3) is 0 Å². The Hall–Kier alpha value is -3.28. The number of esters is 1. The van der Waals surface area contributed by atoms with Crippen molar-refractivity contribution in [3.05, 3.63) is 59.7 Å². The number of allylic oxidation sites excluding steroid dienone is 2. The average Bonchev–Trinajstić information content (AvgIpc) is 2.78. The molecule has 0 radical (unpaired) electrons. The first-order valence-corrected chi connectivity index (χ1v) is 9.79. The second kappa shape index (κ2) is 9.48. The molecule has 2 aromatic rings. The molecule has 0 bridgehead atoms. The van der Waals surface area contributed by atoms with Crippen molar-refractivity contribution < 1.29 is 28.5 Å². The van der Waals surface area contributed by atoms with Crippen LogP contribution in [0.25, 0.3) is 5.57 Å². The van der Waals surface area contributed by atoms with Crippen LogP contribution in [-0.4, -0.2) is 39.7 Å². The monoisotopic (exact) mass is 410 g/mol. The maximum atomic E-state index is 13.1. The van der Waals surface area contributed by atoms with Gasteiger partial charge in [0, 0.05) is 11.5 Å². The van der Waals surface area contributed by atoms with E-state index in [1.54, 1.807) is 46.5 Å². The number of carbonyl (C=O) groups is 2. The molecule has 158 valence electrons. The Morgan fingerprint density at radius 3 is 2.23 bits per heavy atom. The Bertz CT molecular complexity index is 945. The van der Waals surface area contributed by atoms with Crippen molar-refractivity contribution in [3.8, 4) is 17.2 Å². The van der Waals surface area contributed by atoms with Crippen molar-refractivity contribution in [2.45, 2.75) is 19.3 Å². The summed E-state index contributed by atoms with van der Waals surface area (Å²) in [5, 5.41) is 0. The minimum atomic E-state index is -0.937. The van der Waals surface area contributed by atoms with Gasteiger partial charge >= 0.3 is 5.97 Å². The summed E-state index contributed by atoms with van der Waals surface area (Å²) < 4.78 is 21.4. The smallest absolute Gasteiger partial charge is 0.317 e. The largest absolute Gasteiger partial charge is 0.497 e. The van der Waals surface area contributed by atoms with E-state index in [0.29, 0.717) is 17.9 Å². The number of ether oxygens (including phenoxy) is 4. The second-order valence-electron chi connectivity index (χ2n) is 6.95. The minimum absolute atomic E-state index is 0.208. The van der Waals surface area contributed by atoms with E-state index in [0.717, 1.165) is 22.4 Å². The van der Waals surface area contributed by atoms with Gasteiger partial charge in [-0.3, -0.25) is 9.59 Å².